The number of fused-ring (bicyclic) bond motifs is 1. The Bertz CT molecular complexity index is 903. The van der Waals surface area contributed by atoms with Crippen LogP contribution in [0.25, 0.3) is 10.8 Å². The first-order valence-electron chi connectivity index (χ1n) is 10.0. The summed E-state index contributed by atoms with van der Waals surface area (Å²) in [4.78, 5) is 2.39. The lowest BCUT2D eigenvalue weighted by Gasteiger charge is -2.19. The second-order valence-corrected chi connectivity index (χ2v) is 6.85. The van der Waals surface area contributed by atoms with Crippen molar-refractivity contribution in [3.8, 4) is 5.75 Å². The van der Waals surface area contributed by atoms with Crippen LogP contribution in [0.15, 0.2) is 60.7 Å². The third-order valence-electron chi connectivity index (χ3n) is 5.14. The predicted molar refractivity (Wildman–Crippen MR) is 114 cm³/mol. The van der Waals surface area contributed by atoms with Crippen LogP contribution in [0.5, 0.6) is 5.75 Å². The van der Waals surface area contributed by atoms with Crippen LogP contribution in [0.2, 0.25) is 0 Å². The Kier molecular flexibility index (Phi) is 11.7. The second kappa shape index (κ2) is 13.5. The van der Waals surface area contributed by atoms with Crippen molar-refractivity contribution in [1.82, 2.24) is 10.2 Å². The number of benzene rings is 3. The van der Waals surface area contributed by atoms with Crippen LogP contribution in [0.3, 0.4) is 0 Å². The number of hydrogen-bond donors (Lipinski definition) is 1. The molecule has 0 heterocycles. The van der Waals surface area contributed by atoms with E-state index in [4.69, 9.17) is 4.74 Å². The highest BCUT2D eigenvalue weighted by molar-refractivity contribution is 5.87. The normalized spacial score (nSPS) is 10.5. The minimum absolute atomic E-state index is 0. The van der Waals surface area contributed by atoms with Crippen LogP contribution < -0.4 is 34.9 Å². The van der Waals surface area contributed by atoms with Gasteiger partial charge in [-0.15, -0.1) is 0 Å². The van der Waals surface area contributed by atoms with Gasteiger partial charge in [0.1, 0.15) is 18.2 Å². The van der Waals surface area contributed by atoms with Crippen molar-refractivity contribution in [1.29, 1.82) is 0 Å². The zero-order chi connectivity index (χ0) is 19.8. The maximum Gasteiger partial charge on any atom is 0.129 e. The Balaban J connectivity index is 0.00000225. The van der Waals surface area contributed by atoms with Gasteiger partial charge < -0.3 is 39.8 Å². The van der Waals surface area contributed by atoms with Crippen molar-refractivity contribution in [2.24, 2.45) is 0 Å². The van der Waals surface area contributed by atoms with E-state index < -0.39 is 0 Å². The molecule has 0 spiro atoms. The Morgan fingerprint density at radius 3 is 2.33 bits per heavy atom. The van der Waals surface area contributed by atoms with Crippen molar-refractivity contribution in [2.75, 3.05) is 26.2 Å². The third kappa shape index (κ3) is 6.85. The number of nitrogens with zero attached hydrogens (tertiary/aromatic N) is 1. The first-order chi connectivity index (χ1) is 13.7. The quantitative estimate of drug-likeness (QED) is 0.401. The molecule has 6 heteroatoms. The van der Waals surface area contributed by atoms with Gasteiger partial charge in [0.25, 0.3) is 0 Å². The van der Waals surface area contributed by atoms with Gasteiger partial charge in [-0.3, -0.25) is 0 Å². The van der Waals surface area contributed by atoms with Gasteiger partial charge in [0, 0.05) is 30.8 Å². The van der Waals surface area contributed by atoms with E-state index in [0.29, 0.717) is 5.56 Å². The van der Waals surface area contributed by atoms with E-state index in [1.807, 2.05) is 24.3 Å². The van der Waals surface area contributed by atoms with Gasteiger partial charge in [0.05, 0.1) is 0 Å². The number of hydrogen-bond acceptors (Lipinski definition) is 3. The summed E-state index contributed by atoms with van der Waals surface area (Å²) in [7, 11) is 0. The Morgan fingerprint density at radius 1 is 0.900 bits per heavy atom. The van der Waals surface area contributed by atoms with Crippen molar-refractivity contribution >= 4 is 10.8 Å². The van der Waals surface area contributed by atoms with E-state index in [-0.39, 0.29) is 37.2 Å². The molecule has 0 aliphatic heterocycles. The summed E-state index contributed by atoms with van der Waals surface area (Å²) in [5.41, 5.74) is 1.69. The zero-order valence-corrected chi connectivity index (χ0v) is 19.0. The lowest BCUT2D eigenvalue weighted by atomic mass is 10.0. The first-order valence-corrected chi connectivity index (χ1v) is 10.0. The summed E-state index contributed by atoms with van der Waals surface area (Å²) in [5, 5.41) is 5.90. The Morgan fingerprint density at radius 2 is 1.60 bits per heavy atom. The number of halogens is 3. The number of nitrogens with one attached hydrogen (secondary N) is 1. The molecule has 0 bridgehead atoms. The molecule has 0 aliphatic rings. The van der Waals surface area contributed by atoms with E-state index in [2.05, 4.69) is 42.3 Å². The van der Waals surface area contributed by atoms with E-state index in [9.17, 15) is 4.39 Å². The van der Waals surface area contributed by atoms with Gasteiger partial charge in [-0.05, 0) is 36.0 Å². The maximum atomic E-state index is 13.9. The van der Waals surface area contributed by atoms with Gasteiger partial charge in [-0.1, -0.05) is 62.4 Å². The lowest BCUT2D eigenvalue weighted by Crippen LogP contribution is -3.00. The predicted octanol–water partition coefficient (Wildman–Crippen LogP) is -1.00. The molecular formula is C24H29Cl2FN2O-2. The fraction of sp³-hybridized carbons (Fsp3) is 0.333. The average molecular weight is 451 g/mol. The molecule has 0 amide bonds. The van der Waals surface area contributed by atoms with Gasteiger partial charge in [-0.2, -0.15) is 0 Å². The van der Waals surface area contributed by atoms with E-state index >= 15 is 0 Å². The standard InChI is InChI=1S/C24H29FN2O.2ClH/c1-3-27(4-2)16-15-26-17-22-21-11-7-5-9-19(21)13-14-24(22)28-18-20-10-6-8-12-23(20)25;;/h5-14,26H,3-4,15-18H2,1-2H3;2*1H/p-2. The fourth-order valence-corrected chi connectivity index (χ4v) is 3.39. The molecule has 1 N–H and O–H groups in total. The van der Waals surface area contributed by atoms with Gasteiger partial charge >= 0.3 is 0 Å². The molecule has 3 aromatic rings. The highest BCUT2D eigenvalue weighted by Crippen LogP contribution is 2.29. The summed E-state index contributed by atoms with van der Waals surface area (Å²) in [6.45, 7) is 9.35. The molecule has 30 heavy (non-hydrogen) atoms. The molecule has 0 unspecified atom stereocenters. The van der Waals surface area contributed by atoms with E-state index in [1.54, 1.807) is 12.1 Å². The van der Waals surface area contributed by atoms with Crippen LogP contribution in [-0.4, -0.2) is 31.1 Å². The van der Waals surface area contributed by atoms with Crippen molar-refractivity contribution in [3.63, 3.8) is 0 Å². The molecule has 0 fully saturated rings. The summed E-state index contributed by atoms with van der Waals surface area (Å²) in [6.07, 6.45) is 0. The molecule has 0 saturated heterocycles. The van der Waals surface area contributed by atoms with Gasteiger partial charge in [0.2, 0.25) is 0 Å². The monoisotopic (exact) mass is 450 g/mol. The highest BCUT2D eigenvalue weighted by Gasteiger charge is 2.10. The molecule has 0 radical (unpaired) electrons. The average Bonchev–Trinajstić information content (AvgIpc) is 2.73. The second-order valence-electron chi connectivity index (χ2n) is 6.85. The van der Waals surface area contributed by atoms with Crippen LogP contribution in [0, 0.1) is 5.82 Å². The number of ether oxygens (including phenoxy) is 1. The van der Waals surface area contributed by atoms with Crippen LogP contribution in [0.1, 0.15) is 25.0 Å². The van der Waals surface area contributed by atoms with Gasteiger partial charge in [-0.25, -0.2) is 4.39 Å². The zero-order valence-electron chi connectivity index (χ0n) is 17.5. The minimum Gasteiger partial charge on any atom is -1.00 e. The lowest BCUT2D eigenvalue weighted by molar-refractivity contribution is -0.001000. The largest absolute Gasteiger partial charge is 1.00 e. The van der Waals surface area contributed by atoms with E-state index in [1.165, 1.54) is 16.8 Å². The molecule has 3 aromatic carbocycles. The number of likely N-dealkylation sites (N-methyl/N-ethyl adjacent to an activating group) is 1. The van der Waals surface area contributed by atoms with Crippen molar-refractivity contribution in [2.45, 2.75) is 27.0 Å². The summed E-state index contributed by atoms with van der Waals surface area (Å²) < 4.78 is 20.0. The SMILES string of the molecule is CCN(CC)CCNCc1c(OCc2ccccc2F)ccc2ccccc12.[Cl-].[Cl-]. The molecule has 164 valence electrons. The van der Waals surface area contributed by atoms with E-state index in [0.717, 1.165) is 44.0 Å². The van der Waals surface area contributed by atoms with Gasteiger partial charge in [0.15, 0.2) is 0 Å². The fourth-order valence-electron chi connectivity index (χ4n) is 3.39. The molecule has 3 rings (SSSR count). The molecule has 0 aliphatic carbocycles. The summed E-state index contributed by atoms with van der Waals surface area (Å²) >= 11 is 0. The molecule has 0 atom stereocenters. The molecule has 0 saturated carbocycles. The van der Waals surface area contributed by atoms with Crippen LogP contribution in [-0.2, 0) is 13.2 Å². The molecule has 3 nitrogen and oxygen atoms in total. The summed E-state index contributed by atoms with van der Waals surface area (Å²) in [6, 6.07) is 19.1. The summed E-state index contributed by atoms with van der Waals surface area (Å²) in [5.74, 6) is 0.569. The maximum absolute atomic E-state index is 13.9. The first kappa shape index (κ1) is 26.2. The Labute approximate surface area is 191 Å². The van der Waals surface area contributed by atoms with Crippen LogP contribution in [0.4, 0.5) is 4.39 Å². The molecular weight excluding hydrogens is 422 g/mol. The minimum atomic E-state index is -0.234. The highest BCUT2D eigenvalue weighted by atomic mass is 35.5. The topological polar surface area (TPSA) is 24.5 Å². The third-order valence-corrected chi connectivity index (χ3v) is 5.14. The van der Waals surface area contributed by atoms with Crippen molar-refractivity contribution in [3.05, 3.63) is 77.6 Å². The van der Waals surface area contributed by atoms with Crippen molar-refractivity contribution < 1.29 is 33.9 Å². The van der Waals surface area contributed by atoms with Crippen LogP contribution >= 0.6 is 0 Å². The smallest absolute Gasteiger partial charge is 0.129 e. The number of rotatable bonds is 10. The molecule has 0 aromatic heterocycles. The Hall–Kier alpha value is -1.85.